The third-order valence-electron chi connectivity index (χ3n) is 3.69. The van der Waals surface area contributed by atoms with Crippen LogP contribution in [-0.4, -0.2) is 21.0 Å². The van der Waals surface area contributed by atoms with Crippen molar-refractivity contribution in [3.05, 3.63) is 56.3 Å². The summed E-state index contributed by atoms with van der Waals surface area (Å²) in [6.07, 6.45) is 0. The summed E-state index contributed by atoms with van der Waals surface area (Å²) in [4.78, 5) is 27.3. The average molecular weight is 358 g/mol. The van der Waals surface area contributed by atoms with Gasteiger partial charge in [0.1, 0.15) is 11.3 Å². The molecule has 0 unspecified atom stereocenters. The molecule has 0 saturated heterocycles. The predicted octanol–water partition coefficient (Wildman–Crippen LogP) is 3.88. The van der Waals surface area contributed by atoms with Crippen LogP contribution in [0, 0.1) is 30.9 Å². The van der Waals surface area contributed by atoms with Gasteiger partial charge in [-0.3, -0.25) is 20.2 Å². The highest BCUT2D eigenvalue weighted by molar-refractivity contribution is 7.14. The van der Waals surface area contributed by atoms with Crippen molar-refractivity contribution < 1.29 is 14.2 Å². The Balaban J connectivity index is 1.85. The molecule has 0 radical (unpaired) electrons. The number of hydrogen-bond acceptors (Lipinski definition) is 7. The quantitative estimate of drug-likeness (QED) is 0.559. The number of amides is 1. The first-order valence-corrected chi connectivity index (χ1v) is 8.20. The van der Waals surface area contributed by atoms with E-state index < -0.39 is 4.92 Å². The number of carbonyl (C=O) groups is 1. The maximum absolute atomic E-state index is 12.3. The molecule has 0 saturated carbocycles. The van der Waals surface area contributed by atoms with Gasteiger partial charge in [0.2, 0.25) is 0 Å². The molecule has 0 aliphatic heterocycles. The lowest BCUT2D eigenvalue weighted by Gasteiger charge is -2.01. The van der Waals surface area contributed by atoms with E-state index in [9.17, 15) is 14.9 Å². The molecule has 0 spiro atoms. The van der Waals surface area contributed by atoms with E-state index in [1.807, 2.05) is 0 Å². The van der Waals surface area contributed by atoms with Crippen LogP contribution in [0.1, 0.15) is 27.4 Å². The van der Waals surface area contributed by atoms with Gasteiger partial charge in [0.15, 0.2) is 5.13 Å². The van der Waals surface area contributed by atoms with E-state index in [1.54, 1.807) is 38.3 Å². The molecular formula is C16H14N4O4S. The molecule has 3 aromatic rings. The number of nitrogens with one attached hydrogen (secondary N) is 1. The lowest BCUT2D eigenvalue weighted by molar-refractivity contribution is -0.385. The van der Waals surface area contributed by atoms with Crippen LogP contribution in [0.3, 0.4) is 0 Å². The van der Waals surface area contributed by atoms with Gasteiger partial charge in [-0.25, -0.2) is 4.98 Å². The Morgan fingerprint density at radius 2 is 2.08 bits per heavy atom. The molecule has 2 heterocycles. The summed E-state index contributed by atoms with van der Waals surface area (Å²) < 4.78 is 4.98. The first-order valence-electron chi connectivity index (χ1n) is 7.32. The van der Waals surface area contributed by atoms with Gasteiger partial charge in [0.25, 0.3) is 11.6 Å². The predicted molar refractivity (Wildman–Crippen MR) is 92.9 cm³/mol. The number of anilines is 1. The number of nitro groups is 1. The van der Waals surface area contributed by atoms with E-state index in [-0.39, 0.29) is 11.6 Å². The zero-order chi connectivity index (χ0) is 18.1. The van der Waals surface area contributed by atoms with Gasteiger partial charge in [-0.1, -0.05) is 17.3 Å². The molecule has 0 bridgehead atoms. The van der Waals surface area contributed by atoms with E-state index in [0.717, 1.165) is 0 Å². The van der Waals surface area contributed by atoms with Gasteiger partial charge in [-0.05, 0) is 20.8 Å². The van der Waals surface area contributed by atoms with Crippen molar-refractivity contribution in [3.63, 3.8) is 0 Å². The third kappa shape index (κ3) is 3.26. The zero-order valence-corrected chi connectivity index (χ0v) is 14.5. The lowest BCUT2D eigenvalue weighted by Crippen LogP contribution is -2.13. The molecule has 1 amide bonds. The Hall–Kier alpha value is -3.07. The fraction of sp³-hybridized carbons (Fsp3) is 0.188. The van der Waals surface area contributed by atoms with Gasteiger partial charge in [0.05, 0.1) is 16.3 Å². The van der Waals surface area contributed by atoms with Crippen molar-refractivity contribution in [2.24, 2.45) is 0 Å². The maximum atomic E-state index is 12.3. The van der Waals surface area contributed by atoms with E-state index in [2.05, 4.69) is 15.5 Å². The number of aromatic nitrogens is 2. The van der Waals surface area contributed by atoms with Crippen molar-refractivity contribution in [1.82, 2.24) is 10.1 Å². The Bertz CT molecular complexity index is 957. The van der Waals surface area contributed by atoms with E-state index >= 15 is 0 Å². The fourth-order valence-corrected chi connectivity index (χ4v) is 3.11. The number of benzene rings is 1. The van der Waals surface area contributed by atoms with Crippen molar-refractivity contribution in [3.8, 4) is 11.3 Å². The van der Waals surface area contributed by atoms with Crippen molar-refractivity contribution >= 4 is 28.1 Å². The highest BCUT2D eigenvalue weighted by Gasteiger charge is 2.19. The van der Waals surface area contributed by atoms with Crippen LogP contribution in [0.15, 0.2) is 28.1 Å². The second kappa shape index (κ2) is 6.44. The van der Waals surface area contributed by atoms with Gasteiger partial charge < -0.3 is 4.52 Å². The maximum Gasteiger partial charge on any atom is 0.272 e. The number of carbonyl (C=O) groups excluding carboxylic acids is 1. The molecule has 0 aliphatic carbocycles. The summed E-state index contributed by atoms with van der Waals surface area (Å²) in [6, 6.07) is 4.91. The van der Waals surface area contributed by atoms with Crippen LogP contribution in [0.2, 0.25) is 0 Å². The highest BCUT2D eigenvalue weighted by atomic mass is 32.1. The number of aryl methyl sites for hydroxylation is 3. The number of rotatable bonds is 4. The number of hydrogen-bond donors (Lipinski definition) is 1. The molecule has 0 fully saturated rings. The summed E-state index contributed by atoms with van der Waals surface area (Å²) in [7, 11) is 0. The Morgan fingerprint density at radius 1 is 1.32 bits per heavy atom. The molecule has 9 heteroatoms. The Labute approximate surface area is 146 Å². The molecule has 128 valence electrons. The van der Waals surface area contributed by atoms with Crippen molar-refractivity contribution in [2.45, 2.75) is 20.8 Å². The topological polar surface area (TPSA) is 111 Å². The fourth-order valence-electron chi connectivity index (χ4n) is 2.40. The molecule has 1 N–H and O–H groups in total. The van der Waals surface area contributed by atoms with Crippen LogP contribution in [0.25, 0.3) is 11.3 Å². The van der Waals surface area contributed by atoms with Crippen LogP contribution >= 0.6 is 11.3 Å². The van der Waals surface area contributed by atoms with Crippen molar-refractivity contribution in [1.29, 1.82) is 0 Å². The minimum absolute atomic E-state index is 0.0341. The smallest absolute Gasteiger partial charge is 0.272 e. The summed E-state index contributed by atoms with van der Waals surface area (Å²) in [6.45, 7) is 5.02. The minimum Gasteiger partial charge on any atom is -0.361 e. The number of nitrogens with zero attached hydrogens (tertiary/aromatic N) is 3. The highest BCUT2D eigenvalue weighted by Crippen LogP contribution is 2.29. The first-order chi connectivity index (χ1) is 11.9. The second-order valence-electron chi connectivity index (χ2n) is 5.45. The first kappa shape index (κ1) is 16.8. The van der Waals surface area contributed by atoms with E-state index in [4.69, 9.17) is 4.52 Å². The molecular weight excluding hydrogens is 344 g/mol. The summed E-state index contributed by atoms with van der Waals surface area (Å²) in [5, 5.41) is 19.6. The zero-order valence-electron chi connectivity index (χ0n) is 13.7. The molecule has 2 aromatic heterocycles. The monoisotopic (exact) mass is 358 g/mol. The number of thiazole rings is 1. The van der Waals surface area contributed by atoms with Crippen LogP contribution in [0.4, 0.5) is 10.8 Å². The van der Waals surface area contributed by atoms with Gasteiger partial charge >= 0.3 is 0 Å². The van der Waals surface area contributed by atoms with Gasteiger partial charge in [-0.15, -0.1) is 11.3 Å². The Kier molecular flexibility index (Phi) is 4.32. The largest absolute Gasteiger partial charge is 0.361 e. The lowest BCUT2D eigenvalue weighted by atomic mass is 10.1. The van der Waals surface area contributed by atoms with Crippen LogP contribution < -0.4 is 5.32 Å². The van der Waals surface area contributed by atoms with Gasteiger partial charge in [0, 0.05) is 22.6 Å². The average Bonchev–Trinajstić information content (AvgIpc) is 3.14. The van der Waals surface area contributed by atoms with E-state index in [0.29, 0.717) is 39.0 Å². The van der Waals surface area contributed by atoms with Crippen LogP contribution in [-0.2, 0) is 0 Å². The third-order valence-corrected chi connectivity index (χ3v) is 4.44. The second-order valence-corrected chi connectivity index (χ2v) is 6.31. The molecule has 8 nitrogen and oxygen atoms in total. The molecule has 1 aromatic carbocycles. The standard InChI is InChI=1S/C16H14N4O4S/c1-8-4-5-11(6-13(8)20(22)23)12-7-25-16(17-12)18-15(21)14-9(2)19-24-10(14)3/h4-7H,1-3H3,(H,17,18,21). The summed E-state index contributed by atoms with van der Waals surface area (Å²) in [5.74, 6) is 0.0768. The molecule has 0 atom stereocenters. The van der Waals surface area contributed by atoms with Crippen molar-refractivity contribution in [2.75, 3.05) is 5.32 Å². The van der Waals surface area contributed by atoms with E-state index in [1.165, 1.54) is 17.4 Å². The molecule has 0 aliphatic rings. The van der Waals surface area contributed by atoms with Crippen LogP contribution in [0.5, 0.6) is 0 Å². The molecule has 25 heavy (non-hydrogen) atoms. The molecule has 3 rings (SSSR count). The Morgan fingerprint density at radius 3 is 2.72 bits per heavy atom. The normalized spacial score (nSPS) is 10.7. The SMILES string of the molecule is Cc1ccc(-c2csc(NC(=O)c3c(C)noc3C)n2)cc1[N+](=O)[O-]. The summed E-state index contributed by atoms with van der Waals surface area (Å²) in [5.41, 5.74) is 2.67. The minimum atomic E-state index is -0.425. The summed E-state index contributed by atoms with van der Waals surface area (Å²) >= 11 is 1.24. The van der Waals surface area contributed by atoms with Gasteiger partial charge in [-0.2, -0.15) is 0 Å². The number of nitro benzene ring substituents is 1.